The van der Waals surface area contributed by atoms with E-state index in [1.54, 1.807) is 0 Å². The van der Waals surface area contributed by atoms with Gasteiger partial charge in [0.2, 0.25) is 0 Å². The molecule has 0 fully saturated rings. The maximum Gasteiger partial charge on any atom is 0.540 e. The first-order valence-electron chi connectivity index (χ1n) is 9.63. The highest BCUT2D eigenvalue weighted by atomic mass is 28.4. The molecule has 5 nitrogen and oxygen atoms in total. The van der Waals surface area contributed by atoms with Gasteiger partial charge in [0.1, 0.15) is 0 Å². The molecule has 0 amide bonds. The van der Waals surface area contributed by atoms with Crippen LogP contribution in [0.4, 0.5) is 0 Å². The molecule has 0 heterocycles. The van der Waals surface area contributed by atoms with Crippen molar-refractivity contribution in [1.29, 1.82) is 0 Å². The van der Waals surface area contributed by atoms with Crippen LogP contribution in [0.2, 0.25) is 0 Å². The molecule has 28 heavy (non-hydrogen) atoms. The van der Waals surface area contributed by atoms with E-state index in [-0.39, 0.29) is 6.23 Å². The van der Waals surface area contributed by atoms with Gasteiger partial charge in [0, 0.05) is 19.8 Å². The summed E-state index contributed by atoms with van der Waals surface area (Å²) in [5.41, 5.74) is 0.529. The van der Waals surface area contributed by atoms with Gasteiger partial charge < -0.3 is 18.0 Å². The van der Waals surface area contributed by atoms with E-state index in [1.807, 2.05) is 69.3 Å². The molecule has 0 radical (unpaired) electrons. The van der Waals surface area contributed by atoms with Gasteiger partial charge in [-0.2, -0.15) is 0 Å². The molecular weight excluding hydrogens is 372 g/mol. The first-order chi connectivity index (χ1) is 13.6. The first kappa shape index (κ1) is 20.5. The summed E-state index contributed by atoms with van der Waals surface area (Å²) in [4.78, 5) is 13.0. The molecule has 0 saturated heterocycles. The number of hydrogen-bond acceptors (Lipinski definition) is 5. The summed E-state index contributed by atoms with van der Waals surface area (Å²) in [6.07, 6.45) is -0.0114. The van der Waals surface area contributed by atoms with Crippen molar-refractivity contribution in [2.45, 2.75) is 20.8 Å². The van der Waals surface area contributed by atoms with Gasteiger partial charge in [0.15, 0.2) is 6.23 Å². The van der Waals surface area contributed by atoms with E-state index in [9.17, 15) is 4.79 Å². The van der Waals surface area contributed by atoms with Crippen LogP contribution in [-0.2, 0) is 18.0 Å². The van der Waals surface area contributed by atoms with Crippen LogP contribution in [0, 0.1) is 0 Å². The Morgan fingerprint density at radius 1 is 0.786 bits per heavy atom. The van der Waals surface area contributed by atoms with E-state index in [1.165, 1.54) is 0 Å². The minimum atomic E-state index is -3.06. The lowest BCUT2D eigenvalue weighted by Gasteiger charge is -2.27. The maximum absolute atomic E-state index is 13.0. The van der Waals surface area contributed by atoms with Gasteiger partial charge in [-0.25, -0.2) is 4.79 Å². The van der Waals surface area contributed by atoms with Gasteiger partial charge in [0.25, 0.3) is 0 Å². The molecule has 0 aliphatic heterocycles. The summed E-state index contributed by atoms with van der Waals surface area (Å²) >= 11 is 0. The summed E-state index contributed by atoms with van der Waals surface area (Å²) in [5.74, 6) is -0.405. The molecule has 0 aromatic heterocycles. The van der Waals surface area contributed by atoms with E-state index in [2.05, 4.69) is 6.07 Å². The molecule has 0 N–H and O–H groups in total. The lowest BCUT2D eigenvalue weighted by molar-refractivity contribution is 0.0249. The molecule has 148 valence electrons. The molecule has 3 rings (SSSR count). The number of benzene rings is 3. The first-order valence-corrected chi connectivity index (χ1v) is 11.6. The minimum absolute atomic E-state index is 0.0114. The highest BCUT2D eigenvalue weighted by Gasteiger charge is 2.42. The van der Waals surface area contributed by atoms with Gasteiger partial charge in [-0.05, 0) is 48.4 Å². The normalized spacial score (nSPS) is 11.8. The third-order valence-electron chi connectivity index (χ3n) is 4.46. The van der Waals surface area contributed by atoms with Crippen LogP contribution >= 0.6 is 0 Å². The topological polar surface area (TPSA) is 54.0 Å². The molecule has 6 heteroatoms. The second-order valence-corrected chi connectivity index (χ2v) is 8.77. The fourth-order valence-electron chi connectivity index (χ4n) is 3.36. The largest absolute Gasteiger partial charge is 0.540 e. The average molecular weight is 399 g/mol. The minimum Gasteiger partial charge on any atom is -0.457 e. The maximum atomic E-state index is 13.0. The molecular formula is C22H26O5Si. The lowest BCUT2D eigenvalue weighted by atomic mass is 9.97. The predicted molar refractivity (Wildman–Crippen MR) is 112 cm³/mol. The highest BCUT2D eigenvalue weighted by Crippen LogP contribution is 2.29. The van der Waals surface area contributed by atoms with Crippen molar-refractivity contribution < 1.29 is 22.8 Å². The zero-order valence-electron chi connectivity index (χ0n) is 16.6. The van der Waals surface area contributed by atoms with Gasteiger partial charge in [-0.15, -0.1) is 0 Å². The summed E-state index contributed by atoms with van der Waals surface area (Å²) in [6, 6.07) is 17.8. The fraction of sp³-hybridized carbons (Fsp3) is 0.318. The second kappa shape index (κ2) is 9.30. The number of hydrogen-bond donors (Lipinski definition) is 0. The smallest absolute Gasteiger partial charge is 0.457 e. The van der Waals surface area contributed by atoms with Crippen molar-refractivity contribution >= 4 is 36.3 Å². The van der Waals surface area contributed by atoms with Crippen LogP contribution in [0.25, 0.3) is 21.5 Å². The Morgan fingerprint density at radius 3 is 1.93 bits per heavy atom. The molecule has 0 spiro atoms. The van der Waals surface area contributed by atoms with E-state index in [4.69, 9.17) is 18.0 Å². The quantitative estimate of drug-likeness (QED) is 0.296. The molecule has 0 saturated carbocycles. The van der Waals surface area contributed by atoms with Gasteiger partial charge >= 0.3 is 14.8 Å². The van der Waals surface area contributed by atoms with Crippen LogP contribution in [0.15, 0.2) is 54.6 Å². The highest BCUT2D eigenvalue weighted by molar-refractivity contribution is 6.60. The molecule has 0 aliphatic rings. The monoisotopic (exact) mass is 398 g/mol. The third-order valence-corrected chi connectivity index (χ3v) is 7.14. The zero-order chi connectivity index (χ0) is 20.0. The Bertz CT molecular complexity index is 939. The van der Waals surface area contributed by atoms with E-state index >= 15 is 0 Å². The van der Waals surface area contributed by atoms with Crippen molar-refractivity contribution in [1.82, 2.24) is 0 Å². The Hall–Kier alpha value is -2.25. The molecule has 0 bridgehead atoms. The van der Waals surface area contributed by atoms with Crippen LogP contribution in [0.3, 0.4) is 0 Å². The predicted octanol–water partition coefficient (Wildman–Crippen LogP) is 4.74. The third kappa shape index (κ3) is 4.25. The van der Waals surface area contributed by atoms with Crippen LogP contribution in [-0.4, -0.2) is 40.8 Å². The molecule has 3 aromatic carbocycles. The van der Waals surface area contributed by atoms with Gasteiger partial charge in [0.05, 0.1) is 5.56 Å². The van der Waals surface area contributed by atoms with Gasteiger partial charge in [-0.3, -0.25) is 0 Å². The molecule has 0 aliphatic carbocycles. The Kier molecular flexibility index (Phi) is 6.80. The number of carbonyl (C=O) groups is 1. The SMILES string of the molecule is CCO[Si](COC(=O)c1cc2ccccc2c2ccccc12)(OCC)OCC. The van der Waals surface area contributed by atoms with E-state index in [0.717, 1.165) is 21.5 Å². The number of carbonyl (C=O) groups excluding carboxylic acids is 1. The number of rotatable bonds is 9. The summed E-state index contributed by atoms with van der Waals surface area (Å²) in [7, 11) is -3.06. The average Bonchev–Trinajstić information content (AvgIpc) is 2.72. The van der Waals surface area contributed by atoms with Crippen molar-refractivity contribution in [3.8, 4) is 0 Å². The molecule has 0 atom stereocenters. The summed E-state index contributed by atoms with van der Waals surface area (Å²) < 4.78 is 23.0. The Labute approximate surface area is 166 Å². The summed E-state index contributed by atoms with van der Waals surface area (Å²) in [5, 5.41) is 3.99. The fourth-order valence-corrected chi connectivity index (χ4v) is 5.49. The molecule has 0 unspecified atom stereocenters. The zero-order valence-corrected chi connectivity index (χ0v) is 17.6. The standard InChI is InChI=1S/C22H26O5Si/c1-4-25-28(26-5-2,27-6-3)16-24-22(23)21-15-17-11-7-8-12-18(17)19-13-9-10-14-20(19)21/h7-15H,4-6,16H2,1-3H3. The Balaban J connectivity index is 1.94. The number of fused-ring (bicyclic) bond motifs is 3. The van der Waals surface area contributed by atoms with Crippen LogP contribution in [0.5, 0.6) is 0 Å². The van der Waals surface area contributed by atoms with Crippen LogP contribution in [0.1, 0.15) is 31.1 Å². The number of ether oxygens (including phenoxy) is 1. The Morgan fingerprint density at radius 2 is 1.32 bits per heavy atom. The van der Waals surface area contributed by atoms with Crippen molar-refractivity contribution in [3.05, 3.63) is 60.2 Å². The molecule has 3 aromatic rings. The van der Waals surface area contributed by atoms with E-state index < -0.39 is 14.8 Å². The van der Waals surface area contributed by atoms with Crippen molar-refractivity contribution in [2.24, 2.45) is 0 Å². The van der Waals surface area contributed by atoms with Crippen molar-refractivity contribution in [3.63, 3.8) is 0 Å². The van der Waals surface area contributed by atoms with Crippen LogP contribution < -0.4 is 0 Å². The second-order valence-electron chi connectivity index (χ2n) is 6.25. The van der Waals surface area contributed by atoms with E-state index in [0.29, 0.717) is 25.4 Å². The number of esters is 1. The summed E-state index contributed by atoms with van der Waals surface area (Å²) in [6.45, 7) is 6.92. The van der Waals surface area contributed by atoms with Crippen molar-refractivity contribution in [2.75, 3.05) is 26.1 Å². The van der Waals surface area contributed by atoms with Gasteiger partial charge in [-0.1, -0.05) is 48.5 Å². The lowest BCUT2D eigenvalue weighted by Crippen LogP contribution is -2.51.